The molecule has 3 nitrogen and oxygen atoms in total. The van der Waals surface area contributed by atoms with Crippen LogP contribution in [-0.2, 0) is 0 Å². The summed E-state index contributed by atoms with van der Waals surface area (Å²) in [5.41, 5.74) is 12.7. The normalized spacial score (nSPS) is 13.6. The minimum Gasteiger partial charge on any atom is -0.354 e. The van der Waals surface area contributed by atoms with Gasteiger partial charge in [-0.3, -0.25) is 0 Å². The second kappa shape index (κ2) is 15.9. The predicted octanol–water partition coefficient (Wildman–Crippen LogP) is 15.6. The molecule has 54 heavy (non-hydrogen) atoms. The maximum absolute atomic E-state index is 3.75. The van der Waals surface area contributed by atoms with Crippen LogP contribution in [0.3, 0.4) is 0 Å². The van der Waals surface area contributed by atoms with E-state index < -0.39 is 0 Å². The highest BCUT2D eigenvalue weighted by atomic mass is 32.2. The van der Waals surface area contributed by atoms with Crippen molar-refractivity contribution in [1.82, 2.24) is 0 Å². The summed E-state index contributed by atoms with van der Waals surface area (Å²) in [4.78, 5) is 13.0. The van der Waals surface area contributed by atoms with Gasteiger partial charge in [-0.05, 0) is 108 Å². The highest BCUT2D eigenvalue weighted by Crippen LogP contribution is 2.52. The van der Waals surface area contributed by atoms with Gasteiger partial charge in [-0.15, -0.1) is 0 Å². The Labute approximate surface area is 334 Å². The van der Waals surface area contributed by atoms with Crippen molar-refractivity contribution < 1.29 is 0 Å². The molecule has 9 rings (SSSR count). The average Bonchev–Trinajstić information content (AvgIpc) is 3.21. The van der Waals surface area contributed by atoms with E-state index in [-0.39, 0.29) is 0 Å². The number of hydrogen-bond donors (Lipinski definition) is 1. The van der Waals surface area contributed by atoms with Gasteiger partial charge in [0.05, 0.1) is 34.1 Å². The van der Waals surface area contributed by atoms with Gasteiger partial charge in [-0.1, -0.05) is 136 Å². The van der Waals surface area contributed by atoms with Gasteiger partial charge in [0.25, 0.3) is 0 Å². The summed E-state index contributed by atoms with van der Waals surface area (Å²) < 4.78 is 0. The zero-order valence-electron chi connectivity index (χ0n) is 31.2. The summed E-state index contributed by atoms with van der Waals surface area (Å²) >= 11 is 5.69. The lowest BCUT2D eigenvalue weighted by atomic mass is 10.0. The van der Waals surface area contributed by atoms with Crippen LogP contribution in [0.25, 0.3) is 22.3 Å². The number of anilines is 6. The number of nitrogens with one attached hydrogen (secondary N) is 1. The molecule has 3 aliphatic rings. The largest absolute Gasteiger partial charge is 0.354 e. The van der Waals surface area contributed by atoms with E-state index in [0.29, 0.717) is 0 Å². The monoisotopic (exact) mass is 761 g/mol. The molecule has 0 radical (unpaired) electrons. The van der Waals surface area contributed by atoms with Gasteiger partial charge in [0.2, 0.25) is 0 Å². The van der Waals surface area contributed by atoms with Crippen molar-refractivity contribution in [2.75, 3.05) is 28.2 Å². The molecule has 0 amide bonds. The van der Waals surface area contributed by atoms with Crippen LogP contribution in [0, 0.1) is 0 Å². The molecule has 0 bridgehead atoms. The van der Waals surface area contributed by atoms with Crippen LogP contribution in [0.15, 0.2) is 151 Å². The fourth-order valence-corrected chi connectivity index (χ4v) is 11.3. The molecule has 3 aliphatic heterocycles. The first-order valence-electron chi connectivity index (χ1n) is 19.8. The molecule has 0 unspecified atom stereocenters. The van der Waals surface area contributed by atoms with Gasteiger partial charge < -0.3 is 15.1 Å². The summed E-state index contributed by atoms with van der Waals surface area (Å²) in [6, 6.07) is 45.7. The van der Waals surface area contributed by atoms with Crippen molar-refractivity contribution in [1.29, 1.82) is 0 Å². The van der Waals surface area contributed by atoms with Gasteiger partial charge in [0, 0.05) is 42.5 Å². The standard InChI is InChI=1S/C48H47N3S3/c1-3-5-7-13-27-50-39-15-9-11-17-43(39)52-47-31-35(21-25-41(47)50)33-19-23-37-45(29-33)54-46-30-34(20-24-38(46)49-37)36-22-26-42-48(32-36)53-44-18-12-10-16-40(44)51(42)28-14-8-6-4-2/h9-12,15-26,29-32,49H,3-8,13-14,27-28H2,1-2H3. The minimum absolute atomic E-state index is 1.06. The number of rotatable bonds is 12. The van der Waals surface area contributed by atoms with Crippen molar-refractivity contribution in [3.63, 3.8) is 0 Å². The van der Waals surface area contributed by atoms with Crippen molar-refractivity contribution in [3.05, 3.63) is 121 Å². The molecule has 0 saturated heterocycles. The number of nitrogens with zero attached hydrogens (tertiary/aromatic N) is 2. The third kappa shape index (κ3) is 7.05. The average molecular weight is 762 g/mol. The van der Waals surface area contributed by atoms with Crippen LogP contribution in [-0.4, -0.2) is 13.1 Å². The van der Waals surface area contributed by atoms with Crippen LogP contribution in [0.2, 0.25) is 0 Å². The van der Waals surface area contributed by atoms with Crippen LogP contribution in [0.1, 0.15) is 65.2 Å². The van der Waals surface area contributed by atoms with E-state index in [1.165, 1.54) is 137 Å². The number of para-hydroxylation sites is 2. The first kappa shape index (κ1) is 35.5. The predicted molar refractivity (Wildman–Crippen MR) is 235 cm³/mol. The van der Waals surface area contributed by atoms with E-state index in [4.69, 9.17) is 0 Å². The summed E-state index contributed by atoms with van der Waals surface area (Å²) in [5, 5.41) is 3.75. The zero-order valence-corrected chi connectivity index (χ0v) is 33.7. The topological polar surface area (TPSA) is 18.5 Å². The molecular formula is C48H47N3S3. The van der Waals surface area contributed by atoms with Gasteiger partial charge >= 0.3 is 0 Å². The zero-order chi connectivity index (χ0) is 36.4. The molecule has 3 heterocycles. The van der Waals surface area contributed by atoms with Crippen molar-refractivity contribution in [2.24, 2.45) is 0 Å². The SMILES string of the molecule is CCCCCCN1c2ccccc2Sc2cc(-c3ccc4c(c3)Sc3cc(-c5ccc6c(c5)Sc5ccccc5N6CCCCCC)ccc3N4)ccc21. The fraction of sp³-hybridized carbons (Fsp3) is 0.250. The lowest BCUT2D eigenvalue weighted by molar-refractivity contribution is 0.666. The molecule has 6 aromatic carbocycles. The maximum atomic E-state index is 3.75. The van der Waals surface area contributed by atoms with E-state index in [1.807, 2.05) is 35.3 Å². The molecule has 0 aromatic heterocycles. The van der Waals surface area contributed by atoms with Crippen molar-refractivity contribution in [2.45, 2.75) is 94.6 Å². The second-order valence-corrected chi connectivity index (χ2v) is 17.8. The van der Waals surface area contributed by atoms with E-state index >= 15 is 0 Å². The summed E-state index contributed by atoms with van der Waals surface area (Å²) in [6.07, 6.45) is 10.1. The van der Waals surface area contributed by atoms with E-state index in [2.05, 4.69) is 150 Å². The number of hydrogen-bond acceptors (Lipinski definition) is 6. The molecule has 272 valence electrons. The molecule has 0 saturated carbocycles. The van der Waals surface area contributed by atoms with Crippen LogP contribution < -0.4 is 15.1 Å². The van der Waals surface area contributed by atoms with E-state index in [0.717, 1.165) is 13.1 Å². The fourth-order valence-electron chi connectivity index (χ4n) is 7.94. The molecular weight excluding hydrogens is 715 g/mol. The molecule has 0 aliphatic carbocycles. The van der Waals surface area contributed by atoms with E-state index in [1.54, 1.807) is 0 Å². The Morgan fingerprint density at radius 2 is 0.778 bits per heavy atom. The Kier molecular flexibility index (Phi) is 10.4. The van der Waals surface area contributed by atoms with Gasteiger partial charge in [-0.25, -0.2) is 0 Å². The summed E-state index contributed by atoms with van der Waals surface area (Å²) in [5.74, 6) is 0. The Bertz CT molecular complexity index is 2160. The van der Waals surface area contributed by atoms with Gasteiger partial charge in [0.15, 0.2) is 0 Å². The lowest BCUT2D eigenvalue weighted by Gasteiger charge is -2.33. The summed E-state index contributed by atoms with van der Waals surface area (Å²) in [7, 11) is 0. The molecule has 0 fully saturated rings. The third-order valence-electron chi connectivity index (χ3n) is 10.8. The lowest BCUT2D eigenvalue weighted by Crippen LogP contribution is -2.21. The molecule has 0 spiro atoms. The Hall–Kier alpha value is -4.23. The Morgan fingerprint density at radius 3 is 1.24 bits per heavy atom. The van der Waals surface area contributed by atoms with Crippen LogP contribution >= 0.6 is 35.3 Å². The molecule has 6 aromatic rings. The third-order valence-corrected chi connectivity index (χ3v) is 14.2. The summed E-state index contributed by atoms with van der Waals surface area (Å²) in [6.45, 7) is 6.68. The molecule has 0 atom stereocenters. The van der Waals surface area contributed by atoms with Gasteiger partial charge in [0.1, 0.15) is 0 Å². The van der Waals surface area contributed by atoms with Crippen LogP contribution in [0.4, 0.5) is 34.1 Å². The highest BCUT2D eigenvalue weighted by molar-refractivity contribution is 8.00. The van der Waals surface area contributed by atoms with Crippen molar-refractivity contribution >= 4 is 69.4 Å². The van der Waals surface area contributed by atoms with E-state index in [9.17, 15) is 0 Å². The first-order valence-corrected chi connectivity index (χ1v) is 22.2. The minimum atomic E-state index is 1.06. The highest BCUT2D eigenvalue weighted by Gasteiger charge is 2.26. The maximum Gasteiger partial charge on any atom is 0.0553 e. The number of unbranched alkanes of at least 4 members (excludes halogenated alkanes) is 6. The Morgan fingerprint density at radius 1 is 0.389 bits per heavy atom. The second-order valence-electron chi connectivity index (χ2n) is 14.6. The molecule has 1 N–H and O–H groups in total. The van der Waals surface area contributed by atoms with Crippen LogP contribution in [0.5, 0.6) is 0 Å². The number of fused-ring (bicyclic) bond motifs is 6. The smallest absolute Gasteiger partial charge is 0.0553 e. The first-order chi connectivity index (χ1) is 26.7. The van der Waals surface area contributed by atoms with Crippen molar-refractivity contribution in [3.8, 4) is 22.3 Å². The van der Waals surface area contributed by atoms with Gasteiger partial charge in [-0.2, -0.15) is 0 Å². The quantitative estimate of drug-likeness (QED) is 0.124. The number of benzene rings is 6. The Balaban J connectivity index is 0.965. The molecule has 6 heteroatoms.